The van der Waals surface area contributed by atoms with Crippen LogP contribution >= 0.6 is 11.3 Å². The Labute approximate surface area is 149 Å². The summed E-state index contributed by atoms with van der Waals surface area (Å²) in [6.45, 7) is 0.667. The lowest BCUT2D eigenvalue weighted by atomic mass is 9.69. The number of hydrogen-bond acceptors (Lipinski definition) is 7. The maximum atomic E-state index is 13.0. The van der Waals surface area contributed by atoms with Gasteiger partial charge in [0.15, 0.2) is 10.9 Å². The Hall–Kier alpha value is -2.53. The summed E-state index contributed by atoms with van der Waals surface area (Å²) in [5.41, 5.74) is -0.0794. The highest BCUT2D eigenvalue weighted by molar-refractivity contribution is 7.13. The first-order chi connectivity index (χ1) is 12.2. The molecule has 0 aromatic carbocycles. The Morgan fingerprint density at radius 3 is 2.80 bits per heavy atom. The summed E-state index contributed by atoms with van der Waals surface area (Å²) < 4.78 is 0. The molecule has 3 heterocycles. The van der Waals surface area contributed by atoms with Gasteiger partial charge in [-0.25, -0.2) is 9.97 Å². The van der Waals surface area contributed by atoms with E-state index in [0.717, 1.165) is 30.1 Å². The van der Waals surface area contributed by atoms with E-state index in [1.165, 1.54) is 11.3 Å². The second-order valence-corrected chi connectivity index (χ2v) is 7.35. The molecule has 128 valence electrons. The van der Waals surface area contributed by atoms with Crippen LogP contribution in [0.1, 0.15) is 43.8 Å². The van der Waals surface area contributed by atoms with Crippen LogP contribution in [0.15, 0.2) is 24.0 Å². The number of anilines is 2. The summed E-state index contributed by atoms with van der Waals surface area (Å²) in [6, 6.07) is 2.12. The minimum atomic E-state index is -0.826. The van der Waals surface area contributed by atoms with Crippen LogP contribution in [0.4, 0.5) is 10.9 Å². The van der Waals surface area contributed by atoms with Gasteiger partial charge in [0.25, 0.3) is 0 Å². The molecule has 1 amide bonds. The number of likely N-dealkylation sites (tertiary alicyclic amines) is 1. The topological polar surface area (TPSA) is 94.8 Å². The normalized spacial score (nSPS) is 21.4. The minimum absolute atomic E-state index is 0.0467. The van der Waals surface area contributed by atoms with Crippen LogP contribution in [0.5, 0.6) is 0 Å². The highest BCUT2D eigenvalue weighted by Crippen LogP contribution is 2.45. The van der Waals surface area contributed by atoms with E-state index in [0.29, 0.717) is 25.2 Å². The molecule has 2 aromatic heterocycles. The van der Waals surface area contributed by atoms with Gasteiger partial charge in [-0.05, 0) is 32.1 Å². The maximum Gasteiger partial charge on any atom is 0.243 e. The summed E-state index contributed by atoms with van der Waals surface area (Å²) in [7, 11) is 0. The number of thiazole rings is 1. The molecule has 1 aliphatic heterocycles. The zero-order valence-electron chi connectivity index (χ0n) is 13.7. The fraction of sp³-hybridized carbons (Fsp3) is 0.471. The molecule has 1 N–H and O–H groups in total. The molecule has 7 nitrogen and oxygen atoms in total. The summed E-state index contributed by atoms with van der Waals surface area (Å²) in [6.07, 6.45) is 9.01. The van der Waals surface area contributed by atoms with Crippen molar-refractivity contribution in [2.24, 2.45) is 5.41 Å². The second kappa shape index (κ2) is 6.41. The molecule has 0 radical (unpaired) electrons. The van der Waals surface area contributed by atoms with Crippen molar-refractivity contribution in [3.05, 3.63) is 29.7 Å². The van der Waals surface area contributed by atoms with Crippen molar-refractivity contribution < 1.29 is 4.79 Å². The SMILES string of the molecule is N#CC1(C(=O)N2CCCC2c2nccnc2Nc2nccs2)CCC1. The Morgan fingerprint density at radius 2 is 2.12 bits per heavy atom. The van der Waals surface area contributed by atoms with E-state index in [1.807, 2.05) is 10.3 Å². The molecule has 4 rings (SSSR count). The van der Waals surface area contributed by atoms with Crippen LogP contribution in [0.2, 0.25) is 0 Å². The number of carbonyl (C=O) groups is 1. The first kappa shape index (κ1) is 16.0. The number of nitrogens with one attached hydrogen (secondary N) is 1. The van der Waals surface area contributed by atoms with Crippen LogP contribution in [-0.4, -0.2) is 32.3 Å². The molecule has 1 saturated carbocycles. The second-order valence-electron chi connectivity index (χ2n) is 6.46. The number of amides is 1. The van der Waals surface area contributed by atoms with Gasteiger partial charge in [0.1, 0.15) is 11.1 Å². The highest BCUT2D eigenvalue weighted by Gasteiger charge is 2.49. The van der Waals surface area contributed by atoms with E-state index >= 15 is 0 Å². The van der Waals surface area contributed by atoms with Gasteiger partial charge in [0, 0.05) is 30.5 Å². The lowest BCUT2D eigenvalue weighted by Gasteiger charge is -2.38. The molecule has 0 bridgehead atoms. The smallest absolute Gasteiger partial charge is 0.243 e. The molecule has 0 spiro atoms. The van der Waals surface area contributed by atoms with Crippen molar-refractivity contribution in [2.45, 2.75) is 38.1 Å². The molecule has 1 atom stereocenters. The molecule has 2 aromatic rings. The van der Waals surface area contributed by atoms with Crippen LogP contribution < -0.4 is 5.32 Å². The lowest BCUT2D eigenvalue weighted by molar-refractivity contribution is -0.144. The summed E-state index contributed by atoms with van der Waals surface area (Å²) >= 11 is 1.48. The molecule has 1 saturated heterocycles. The molecule has 1 aliphatic carbocycles. The van der Waals surface area contributed by atoms with Gasteiger partial charge in [0.2, 0.25) is 5.91 Å². The third kappa shape index (κ3) is 2.74. The molecule has 1 unspecified atom stereocenters. The fourth-order valence-electron chi connectivity index (χ4n) is 3.55. The third-order valence-corrected chi connectivity index (χ3v) is 5.73. The van der Waals surface area contributed by atoms with Gasteiger partial charge in [-0.15, -0.1) is 11.3 Å². The molecule has 2 fully saturated rings. The quantitative estimate of drug-likeness (QED) is 0.907. The number of rotatable bonds is 4. The van der Waals surface area contributed by atoms with E-state index in [9.17, 15) is 10.1 Å². The average molecular weight is 354 g/mol. The molecular weight excluding hydrogens is 336 g/mol. The maximum absolute atomic E-state index is 13.0. The largest absolute Gasteiger partial charge is 0.333 e. The Kier molecular flexibility index (Phi) is 4.09. The summed E-state index contributed by atoms with van der Waals surface area (Å²) in [5.74, 6) is 0.580. The van der Waals surface area contributed by atoms with E-state index in [1.54, 1.807) is 18.6 Å². The lowest BCUT2D eigenvalue weighted by Crippen LogP contribution is -2.47. The zero-order valence-corrected chi connectivity index (χ0v) is 14.5. The van der Waals surface area contributed by atoms with E-state index in [-0.39, 0.29) is 11.9 Å². The summed E-state index contributed by atoms with van der Waals surface area (Å²) in [5, 5.41) is 15.3. The van der Waals surface area contributed by atoms with Crippen LogP contribution in [0, 0.1) is 16.7 Å². The van der Waals surface area contributed by atoms with Crippen molar-refractivity contribution in [3.8, 4) is 6.07 Å². The van der Waals surface area contributed by atoms with Crippen LogP contribution in [0.25, 0.3) is 0 Å². The Bertz CT molecular complexity index is 811. The van der Waals surface area contributed by atoms with E-state index < -0.39 is 5.41 Å². The molecular formula is C17H18N6OS. The average Bonchev–Trinajstić information content (AvgIpc) is 3.26. The van der Waals surface area contributed by atoms with Crippen molar-refractivity contribution in [1.82, 2.24) is 19.9 Å². The predicted molar refractivity (Wildman–Crippen MR) is 93.0 cm³/mol. The highest BCUT2D eigenvalue weighted by atomic mass is 32.1. The summed E-state index contributed by atoms with van der Waals surface area (Å²) in [4.78, 5) is 28.0. The van der Waals surface area contributed by atoms with Gasteiger partial charge in [0.05, 0.1) is 12.1 Å². The predicted octanol–water partition coefficient (Wildman–Crippen LogP) is 3.03. The van der Waals surface area contributed by atoms with Gasteiger partial charge in [-0.3, -0.25) is 9.78 Å². The molecule has 8 heteroatoms. The number of carbonyl (C=O) groups excluding carboxylic acids is 1. The van der Waals surface area contributed by atoms with Gasteiger partial charge < -0.3 is 10.2 Å². The first-order valence-corrected chi connectivity index (χ1v) is 9.31. The standard InChI is InChI=1S/C17H18N6OS/c18-11-17(4-2-5-17)15(24)23-9-1-3-12(23)13-14(20-7-6-19-13)22-16-21-8-10-25-16/h6-8,10,12H,1-5,9H2,(H,20,21,22). The van der Waals surface area contributed by atoms with Gasteiger partial charge in [-0.1, -0.05) is 0 Å². The van der Waals surface area contributed by atoms with E-state index in [2.05, 4.69) is 26.3 Å². The number of nitriles is 1. The first-order valence-electron chi connectivity index (χ1n) is 8.43. The van der Waals surface area contributed by atoms with Crippen LogP contribution in [-0.2, 0) is 4.79 Å². The molecule has 2 aliphatic rings. The van der Waals surface area contributed by atoms with Crippen LogP contribution in [0.3, 0.4) is 0 Å². The van der Waals surface area contributed by atoms with Crippen molar-refractivity contribution in [2.75, 3.05) is 11.9 Å². The number of aromatic nitrogens is 3. The van der Waals surface area contributed by atoms with Gasteiger partial charge >= 0.3 is 0 Å². The number of hydrogen-bond donors (Lipinski definition) is 1. The van der Waals surface area contributed by atoms with Gasteiger partial charge in [-0.2, -0.15) is 5.26 Å². The van der Waals surface area contributed by atoms with Crippen molar-refractivity contribution in [1.29, 1.82) is 5.26 Å². The van der Waals surface area contributed by atoms with E-state index in [4.69, 9.17) is 0 Å². The van der Waals surface area contributed by atoms with Crippen molar-refractivity contribution in [3.63, 3.8) is 0 Å². The monoisotopic (exact) mass is 354 g/mol. The zero-order chi connectivity index (χ0) is 17.3. The number of nitrogens with zero attached hydrogens (tertiary/aromatic N) is 5. The third-order valence-electron chi connectivity index (χ3n) is 5.04. The molecule has 25 heavy (non-hydrogen) atoms. The minimum Gasteiger partial charge on any atom is -0.333 e. The fourth-order valence-corrected chi connectivity index (χ4v) is 4.08. The Balaban J connectivity index is 1.63. The van der Waals surface area contributed by atoms with Crippen molar-refractivity contribution >= 4 is 28.2 Å². The Morgan fingerprint density at radius 1 is 1.28 bits per heavy atom.